The number of carbonyl (C=O) groups excluding carboxylic acids is 1. The minimum Gasteiger partial charge on any atom is -0.508 e. The van der Waals surface area contributed by atoms with E-state index in [0.717, 1.165) is 23.9 Å². The van der Waals surface area contributed by atoms with Gasteiger partial charge in [-0.2, -0.15) is 4.68 Å². The van der Waals surface area contributed by atoms with Crippen molar-refractivity contribution in [2.75, 3.05) is 5.75 Å². The molecule has 122 valence electrons. The number of halogens is 2. The summed E-state index contributed by atoms with van der Waals surface area (Å²) in [5, 5.41) is 20.9. The van der Waals surface area contributed by atoms with E-state index in [-0.39, 0.29) is 22.8 Å². The van der Waals surface area contributed by atoms with Crippen molar-refractivity contribution >= 4 is 17.5 Å². The lowest BCUT2D eigenvalue weighted by Crippen LogP contribution is -2.05. The second-order valence-corrected chi connectivity index (χ2v) is 5.67. The van der Waals surface area contributed by atoms with E-state index in [1.54, 1.807) is 12.1 Å². The fourth-order valence-corrected chi connectivity index (χ4v) is 2.69. The highest BCUT2D eigenvalue weighted by Gasteiger charge is 2.14. The molecule has 6 nitrogen and oxygen atoms in total. The Kier molecular flexibility index (Phi) is 4.52. The Morgan fingerprint density at radius 3 is 2.58 bits per heavy atom. The van der Waals surface area contributed by atoms with E-state index in [0.29, 0.717) is 10.8 Å². The first-order valence-corrected chi connectivity index (χ1v) is 7.72. The summed E-state index contributed by atoms with van der Waals surface area (Å²) in [4.78, 5) is 12.1. The molecule has 0 spiro atoms. The highest BCUT2D eigenvalue weighted by Crippen LogP contribution is 2.21. The normalized spacial score (nSPS) is 10.8. The summed E-state index contributed by atoms with van der Waals surface area (Å²) in [7, 11) is 0. The zero-order valence-corrected chi connectivity index (χ0v) is 12.9. The van der Waals surface area contributed by atoms with Crippen molar-refractivity contribution < 1.29 is 18.7 Å². The van der Waals surface area contributed by atoms with Gasteiger partial charge in [-0.05, 0) is 52.9 Å². The molecule has 0 saturated carbocycles. The van der Waals surface area contributed by atoms with E-state index in [4.69, 9.17) is 0 Å². The first-order valence-electron chi connectivity index (χ1n) is 6.73. The Labute approximate surface area is 139 Å². The lowest BCUT2D eigenvalue weighted by Gasteiger charge is -2.04. The van der Waals surface area contributed by atoms with Gasteiger partial charge in [-0.3, -0.25) is 4.79 Å². The molecule has 0 unspecified atom stereocenters. The van der Waals surface area contributed by atoms with Crippen LogP contribution in [-0.4, -0.2) is 36.8 Å². The number of thioether (sulfide) groups is 1. The third-order valence-corrected chi connectivity index (χ3v) is 4.03. The quantitative estimate of drug-likeness (QED) is 0.564. The number of phenols is 1. The maximum absolute atomic E-state index is 13.2. The number of nitrogens with zero attached hydrogens (tertiary/aromatic N) is 4. The van der Waals surface area contributed by atoms with Gasteiger partial charge in [0.25, 0.3) is 0 Å². The van der Waals surface area contributed by atoms with Crippen LogP contribution in [0.4, 0.5) is 8.78 Å². The van der Waals surface area contributed by atoms with Crippen LogP contribution in [0, 0.1) is 11.6 Å². The number of tetrazole rings is 1. The van der Waals surface area contributed by atoms with Crippen molar-refractivity contribution in [1.82, 2.24) is 20.2 Å². The van der Waals surface area contributed by atoms with Gasteiger partial charge >= 0.3 is 0 Å². The van der Waals surface area contributed by atoms with Crippen LogP contribution < -0.4 is 0 Å². The Hall–Kier alpha value is -2.81. The summed E-state index contributed by atoms with van der Waals surface area (Å²) < 4.78 is 27.5. The van der Waals surface area contributed by atoms with Crippen LogP contribution in [0.5, 0.6) is 5.75 Å². The lowest BCUT2D eigenvalue weighted by atomic mass is 10.1. The SMILES string of the molecule is O=C(CSc1nnnn1-c1ccc(O)cc1)c1ccc(F)c(F)c1. The molecule has 9 heteroatoms. The highest BCUT2D eigenvalue weighted by atomic mass is 32.2. The third-order valence-electron chi connectivity index (χ3n) is 3.11. The Morgan fingerprint density at radius 2 is 1.88 bits per heavy atom. The predicted molar refractivity (Wildman–Crippen MR) is 82.2 cm³/mol. The molecule has 1 aromatic heterocycles. The zero-order chi connectivity index (χ0) is 17.1. The number of phenolic OH excluding ortho intramolecular Hbond substituents is 1. The van der Waals surface area contributed by atoms with Crippen LogP contribution in [0.2, 0.25) is 0 Å². The molecular weight excluding hydrogens is 338 g/mol. The monoisotopic (exact) mass is 348 g/mol. The largest absolute Gasteiger partial charge is 0.508 e. The van der Waals surface area contributed by atoms with E-state index in [1.807, 2.05) is 0 Å². The number of aromatic nitrogens is 4. The van der Waals surface area contributed by atoms with Crippen LogP contribution in [0.15, 0.2) is 47.6 Å². The maximum atomic E-state index is 13.2. The summed E-state index contributed by atoms with van der Waals surface area (Å²) in [6, 6.07) is 9.20. The molecule has 3 aromatic rings. The van der Waals surface area contributed by atoms with Gasteiger partial charge in [0, 0.05) is 5.56 Å². The van der Waals surface area contributed by atoms with Crippen molar-refractivity contribution in [3.63, 3.8) is 0 Å². The molecule has 0 amide bonds. The number of hydrogen-bond donors (Lipinski definition) is 1. The summed E-state index contributed by atoms with van der Waals surface area (Å²) >= 11 is 1.06. The summed E-state index contributed by atoms with van der Waals surface area (Å²) in [5.41, 5.74) is 0.686. The first-order chi connectivity index (χ1) is 11.5. The average molecular weight is 348 g/mol. The molecule has 0 aliphatic heterocycles. The Balaban J connectivity index is 1.73. The standard InChI is InChI=1S/C15H10F2N4O2S/c16-12-6-1-9(7-13(12)17)14(23)8-24-15-18-19-20-21(15)10-2-4-11(22)5-3-10/h1-7,22H,8H2. The molecule has 0 fully saturated rings. The average Bonchev–Trinajstić information content (AvgIpc) is 3.04. The van der Waals surface area contributed by atoms with E-state index in [9.17, 15) is 18.7 Å². The van der Waals surface area contributed by atoms with Gasteiger partial charge in [0.1, 0.15) is 5.75 Å². The van der Waals surface area contributed by atoms with Crippen LogP contribution in [0.1, 0.15) is 10.4 Å². The second-order valence-electron chi connectivity index (χ2n) is 4.73. The van der Waals surface area contributed by atoms with Crippen LogP contribution >= 0.6 is 11.8 Å². The fraction of sp³-hybridized carbons (Fsp3) is 0.0667. The van der Waals surface area contributed by atoms with Gasteiger partial charge in [-0.1, -0.05) is 11.8 Å². The van der Waals surface area contributed by atoms with Crippen LogP contribution in [-0.2, 0) is 0 Å². The molecule has 0 bridgehead atoms. The molecule has 0 aliphatic rings. The van der Waals surface area contributed by atoms with Gasteiger partial charge in [0.05, 0.1) is 11.4 Å². The Morgan fingerprint density at radius 1 is 1.12 bits per heavy atom. The molecule has 0 aliphatic carbocycles. The number of Topliss-reactive ketones (excluding diaryl/α,β-unsaturated/α-hetero) is 1. The molecular formula is C15H10F2N4O2S. The molecule has 1 heterocycles. The van der Waals surface area contributed by atoms with Gasteiger partial charge in [-0.25, -0.2) is 8.78 Å². The van der Waals surface area contributed by atoms with Crippen molar-refractivity contribution in [3.8, 4) is 11.4 Å². The van der Waals surface area contributed by atoms with Crippen molar-refractivity contribution in [3.05, 3.63) is 59.7 Å². The molecule has 0 saturated heterocycles. The lowest BCUT2D eigenvalue weighted by molar-refractivity contribution is 0.102. The summed E-state index contributed by atoms with van der Waals surface area (Å²) in [6.45, 7) is 0. The topological polar surface area (TPSA) is 80.9 Å². The van der Waals surface area contributed by atoms with E-state index in [1.165, 1.54) is 22.9 Å². The maximum Gasteiger partial charge on any atom is 0.214 e. The smallest absolute Gasteiger partial charge is 0.214 e. The number of rotatable bonds is 5. The minimum atomic E-state index is -1.07. The minimum absolute atomic E-state index is 0.0382. The van der Waals surface area contributed by atoms with E-state index < -0.39 is 11.6 Å². The van der Waals surface area contributed by atoms with Crippen molar-refractivity contribution in [1.29, 1.82) is 0 Å². The van der Waals surface area contributed by atoms with E-state index >= 15 is 0 Å². The number of benzene rings is 2. The summed E-state index contributed by atoms with van der Waals surface area (Å²) in [6.07, 6.45) is 0. The number of carbonyl (C=O) groups is 1. The Bertz CT molecular complexity index is 883. The van der Waals surface area contributed by atoms with Crippen molar-refractivity contribution in [2.24, 2.45) is 0 Å². The third kappa shape index (κ3) is 3.40. The molecule has 0 atom stereocenters. The molecule has 1 N–H and O–H groups in total. The summed E-state index contributed by atoms with van der Waals surface area (Å²) in [5.74, 6) is -2.38. The van der Waals surface area contributed by atoms with E-state index in [2.05, 4.69) is 15.5 Å². The molecule has 3 rings (SSSR count). The zero-order valence-electron chi connectivity index (χ0n) is 12.1. The highest BCUT2D eigenvalue weighted by molar-refractivity contribution is 7.99. The van der Waals surface area contributed by atoms with Crippen molar-refractivity contribution in [2.45, 2.75) is 5.16 Å². The van der Waals surface area contributed by atoms with Gasteiger partial charge < -0.3 is 5.11 Å². The van der Waals surface area contributed by atoms with Gasteiger partial charge in [-0.15, -0.1) is 5.10 Å². The van der Waals surface area contributed by atoms with Gasteiger partial charge in [0.15, 0.2) is 17.4 Å². The first kappa shape index (κ1) is 16.1. The molecule has 24 heavy (non-hydrogen) atoms. The second kappa shape index (κ2) is 6.75. The number of ketones is 1. The fourth-order valence-electron chi connectivity index (χ4n) is 1.91. The number of aromatic hydroxyl groups is 1. The number of hydrogen-bond acceptors (Lipinski definition) is 6. The van der Waals surface area contributed by atoms with Crippen LogP contribution in [0.3, 0.4) is 0 Å². The van der Waals surface area contributed by atoms with Gasteiger partial charge in [0.2, 0.25) is 5.16 Å². The van der Waals surface area contributed by atoms with Crippen LogP contribution in [0.25, 0.3) is 5.69 Å². The predicted octanol–water partition coefficient (Wildman–Crippen LogP) is 2.62. The molecule has 2 aromatic carbocycles. The molecule has 0 radical (unpaired) electrons.